The Morgan fingerprint density at radius 2 is 1.97 bits per heavy atom. The summed E-state index contributed by atoms with van der Waals surface area (Å²) in [4.78, 5) is 51.6. The lowest BCUT2D eigenvalue weighted by Gasteiger charge is -2.24. The van der Waals surface area contributed by atoms with Gasteiger partial charge in [-0.15, -0.1) is 0 Å². The molecule has 0 atom stereocenters. The Bertz CT molecular complexity index is 1450. The van der Waals surface area contributed by atoms with E-state index in [1.165, 1.54) is 37.1 Å². The number of aromatic nitrogens is 5. The van der Waals surface area contributed by atoms with Gasteiger partial charge in [0.1, 0.15) is 23.2 Å². The number of carbonyl (C=O) groups is 1. The number of hydrogen-bond acceptors (Lipinski definition) is 8. The Kier molecular flexibility index (Phi) is 5.54. The van der Waals surface area contributed by atoms with E-state index in [1.54, 1.807) is 7.11 Å². The number of primary amides is 1. The zero-order chi connectivity index (χ0) is 23.8. The summed E-state index contributed by atoms with van der Waals surface area (Å²) >= 11 is 0. The number of benzene rings is 1. The van der Waals surface area contributed by atoms with Gasteiger partial charge >= 0.3 is 5.69 Å². The van der Waals surface area contributed by atoms with E-state index < -0.39 is 22.7 Å². The Morgan fingerprint density at radius 3 is 2.64 bits per heavy atom. The van der Waals surface area contributed by atoms with Crippen molar-refractivity contribution in [2.24, 2.45) is 5.73 Å². The molecular formula is C22H22N6O5. The van der Waals surface area contributed by atoms with Crippen molar-refractivity contribution in [1.29, 1.82) is 0 Å². The molecule has 33 heavy (non-hydrogen) atoms. The number of nitrogens with zero attached hydrogens (tertiary/aromatic N) is 5. The third kappa shape index (κ3) is 3.77. The van der Waals surface area contributed by atoms with Crippen LogP contribution in [-0.2, 0) is 23.3 Å². The predicted octanol–water partition coefficient (Wildman–Crippen LogP) is 1.08. The van der Waals surface area contributed by atoms with E-state index in [9.17, 15) is 14.4 Å². The van der Waals surface area contributed by atoms with E-state index in [1.807, 2.05) is 24.3 Å². The summed E-state index contributed by atoms with van der Waals surface area (Å²) in [6.45, 7) is 2.96. The molecule has 4 rings (SSSR count). The molecule has 0 spiro atoms. The molecule has 0 fully saturated rings. The molecule has 1 aromatic carbocycles. The summed E-state index contributed by atoms with van der Waals surface area (Å²) < 4.78 is 12.8. The fourth-order valence-electron chi connectivity index (χ4n) is 3.53. The number of aryl methyl sites for hydroxylation is 2. The molecule has 4 aromatic rings. The summed E-state index contributed by atoms with van der Waals surface area (Å²) in [6.07, 6.45) is 4.57. The van der Waals surface area contributed by atoms with Crippen LogP contribution in [0, 0.1) is 0 Å². The van der Waals surface area contributed by atoms with Crippen molar-refractivity contribution >= 4 is 17.1 Å². The zero-order valence-corrected chi connectivity index (χ0v) is 18.3. The van der Waals surface area contributed by atoms with Gasteiger partial charge in [-0.3, -0.25) is 14.2 Å². The highest BCUT2D eigenvalue weighted by Crippen LogP contribution is 2.20. The number of oxazole rings is 1. The van der Waals surface area contributed by atoms with Gasteiger partial charge in [-0.1, -0.05) is 18.2 Å². The number of amides is 1. The van der Waals surface area contributed by atoms with Crippen molar-refractivity contribution in [2.45, 2.75) is 32.4 Å². The molecule has 0 bridgehead atoms. The maximum Gasteiger partial charge on any atom is 0.333 e. The highest BCUT2D eigenvalue weighted by molar-refractivity contribution is 5.82. The van der Waals surface area contributed by atoms with E-state index >= 15 is 0 Å². The number of carbonyl (C=O) groups excluding carboxylic acids is 1. The number of methoxy groups -OCH3 is 1. The first-order valence-electron chi connectivity index (χ1n) is 10.1. The van der Waals surface area contributed by atoms with Gasteiger partial charge in [0, 0.05) is 6.54 Å². The van der Waals surface area contributed by atoms with Crippen molar-refractivity contribution in [1.82, 2.24) is 24.1 Å². The quantitative estimate of drug-likeness (QED) is 0.440. The smallest absolute Gasteiger partial charge is 0.333 e. The summed E-state index contributed by atoms with van der Waals surface area (Å²) in [7, 11) is 1.56. The van der Waals surface area contributed by atoms with Crippen LogP contribution in [0.4, 0.5) is 0 Å². The lowest BCUT2D eigenvalue weighted by atomic mass is 10.0. The summed E-state index contributed by atoms with van der Waals surface area (Å²) in [5, 5.41) is 0. The first kappa shape index (κ1) is 21.9. The summed E-state index contributed by atoms with van der Waals surface area (Å²) in [6, 6.07) is 7.39. The van der Waals surface area contributed by atoms with Crippen LogP contribution >= 0.6 is 0 Å². The second-order valence-corrected chi connectivity index (χ2v) is 7.82. The fraction of sp³-hybridized carbons (Fsp3) is 0.273. The molecule has 0 aliphatic heterocycles. The van der Waals surface area contributed by atoms with E-state index in [0.717, 1.165) is 10.1 Å². The van der Waals surface area contributed by atoms with E-state index in [2.05, 4.69) is 15.0 Å². The topological polar surface area (TPSA) is 148 Å². The molecule has 3 heterocycles. The Hall–Kier alpha value is -4.28. The molecular weight excluding hydrogens is 428 g/mol. The van der Waals surface area contributed by atoms with Gasteiger partial charge in [0.15, 0.2) is 11.2 Å². The van der Waals surface area contributed by atoms with Crippen molar-refractivity contribution < 1.29 is 13.9 Å². The fourth-order valence-corrected chi connectivity index (χ4v) is 3.53. The van der Waals surface area contributed by atoms with Gasteiger partial charge in [0.05, 0.1) is 19.5 Å². The molecule has 0 saturated heterocycles. The first-order chi connectivity index (χ1) is 15.8. The molecule has 170 valence electrons. The van der Waals surface area contributed by atoms with Crippen LogP contribution in [0.25, 0.3) is 22.7 Å². The number of hydrogen-bond donors (Lipinski definition) is 1. The van der Waals surface area contributed by atoms with Gasteiger partial charge < -0.3 is 14.9 Å². The zero-order valence-electron chi connectivity index (χ0n) is 18.3. The second-order valence-electron chi connectivity index (χ2n) is 7.82. The van der Waals surface area contributed by atoms with Crippen molar-refractivity contribution in [3.8, 4) is 17.3 Å². The Labute approximate surface area is 187 Å². The predicted molar refractivity (Wildman–Crippen MR) is 119 cm³/mol. The SMILES string of the molecule is COc1ccccc1CCn1c(=O)n(C(C)(C)C(N)=O)c(=O)c2nc(-c3ncco3)cnc21. The van der Waals surface area contributed by atoms with Gasteiger partial charge in [0.25, 0.3) is 5.56 Å². The summed E-state index contributed by atoms with van der Waals surface area (Å²) in [5.74, 6) is -0.0108. The average Bonchev–Trinajstić information content (AvgIpc) is 3.34. The van der Waals surface area contributed by atoms with Crippen LogP contribution < -0.4 is 21.7 Å². The number of fused-ring (bicyclic) bond motifs is 1. The van der Waals surface area contributed by atoms with Gasteiger partial charge in [-0.2, -0.15) is 0 Å². The highest BCUT2D eigenvalue weighted by Gasteiger charge is 2.33. The number of ether oxygens (including phenoxy) is 1. The van der Waals surface area contributed by atoms with E-state index in [4.69, 9.17) is 14.9 Å². The molecule has 0 aliphatic carbocycles. The van der Waals surface area contributed by atoms with E-state index in [0.29, 0.717) is 12.2 Å². The maximum absolute atomic E-state index is 13.4. The molecule has 0 saturated carbocycles. The van der Waals surface area contributed by atoms with Crippen molar-refractivity contribution in [3.63, 3.8) is 0 Å². The molecule has 1 amide bonds. The minimum Gasteiger partial charge on any atom is -0.496 e. The van der Waals surface area contributed by atoms with Crippen LogP contribution in [0.1, 0.15) is 19.4 Å². The Morgan fingerprint density at radius 1 is 1.21 bits per heavy atom. The van der Waals surface area contributed by atoms with Crippen LogP contribution in [-0.4, -0.2) is 37.1 Å². The molecule has 0 unspecified atom stereocenters. The number of rotatable bonds is 7. The van der Waals surface area contributed by atoms with Crippen LogP contribution in [0.15, 0.2) is 56.9 Å². The largest absolute Gasteiger partial charge is 0.496 e. The third-order valence-corrected chi connectivity index (χ3v) is 5.45. The minimum absolute atomic E-state index is 0.0757. The maximum atomic E-state index is 13.4. The highest BCUT2D eigenvalue weighted by atomic mass is 16.5. The first-order valence-corrected chi connectivity index (χ1v) is 10.1. The minimum atomic E-state index is -1.60. The van der Waals surface area contributed by atoms with Crippen LogP contribution in [0.3, 0.4) is 0 Å². The van der Waals surface area contributed by atoms with Crippen LogP contribution in [0.5, 0.6) is 5.75 Å². The monoisotopic (exact) mass is 450 g/mol. The molecule has 0 aliphatic rings. The normalized spacial score (nSPS) is 11.6. The molecule has 2 N–H and O–H groups in total. The van der Waals surface area contributed by atoms with Gasteiger partial charge in [-0.25, -0.2) is 24.3 Å². The van der Waals surface area contributed by atoms with Gasteiger partial charge in [0.2, 0.25) is 11.8 Å². The number of para-hydroxylation sites is 1. The lowest BCUT2D eigenvalue weighted by molar-refractivity contribution is -0.125. The summed E-state index contributed by atoms with van der Waals surface area (Å²) in [5.41, 5.74) is 3.45. The van der Waals surface area contributed by atoms with Crippen LogP contribution in [0.2, 0.25) is 0 Å². The number of nitrogens with two attached hydrogens (primary N) is 1. The average molecular weight is 450 g/mol. The second kappa shape index (κ2) is 8.34. The molecule has 11 heteroatoms. The standard InChI is InChI=1S/C22H22N6O5/c1-22(2,20(23)30)28-19(29)16-17(25-12-14(26-16)18-24-9-11-33-18)27(21(28)31)10-8-13-6-4-5-7-15(13)32-3/h4-7,9,11-12H,8,10H2,1-3H3,(H2,23,30). The van der Waals surface area contributed by atoms with E-state index in [-0.39, 0.29) is 29.3 Å². The lowest BCUT2D eigenvalue weighted by Crippen LogP contribution is -2.55. The molecule has 11 nitrogen and oxygen atoms in total. The van der Waals surface area contributed by atoms with Crippen molar-refractivity contribution in [2.75, 3.05) is 7.11 Å². The third-order valence-electron chi connectivity index (χ3n) is 5.45. The van der Waals surface area contributed by atoms with Gasteiger partial charge in [-0.05, 0) is 31.9 Å². The molecule has 3 aromatic heterocycles. The van der Waals surface area contributed by atoms with Crippen molar-refractivity contribution in [3.05, 3.63) is 69.3 Å². The Balaban J connectivity index is 1.95. The molecule has 0 radical (unpaired) electrons.